The van der Waals surface area contributed by atoms with Gasteiger partial charge >= 0.3 is 18.4 Å². The number of halogens is 7. The van der Waals surface area contributed by atoms with Crippen molar-refractivity contribution in [3.63, 3.8) is 0 Å². The molecule has 0 unspecified atom stereocenters. The second-order valence-corrected chi connectivity index (χ2v) is 10.0. The molecule has 0 radical (unpaired) electrons. The van der Waals surface area contributed by atoms with Crippen LogP contribution in [0, 0.1) is 0 Å². The quantitative estimate of drug-likeness (QED) is 0.369. The molecule has 0 bridgehead atoms. The normalized spacial score (nSPS) is 17.8. The van der Waals surface area contributed by atoms with Crippen LogP contribution in [0.4, 0.5) is 36.8 Å². The number of hydrogen-bond acceptors (Lipinski definition) is 4. The average molecular weight is 539 g/mol. The Morgan fingerprint density at radius 3 is 2.28 bits per heavy atom. The molecule has 0 saturated heterocycles. The lowest BCUT2D eigenvalue weighted by atomic mass is 9.91. The standard InChI is InChI=1S/C24H25ClF6N2O3/c1-21(2,3)36-20(34)33-19-7-4-13-8-17(5-6-18(13)19)32-12-22(35,24(29,30)31)14-9-15(23(26,27)28)11-16(25)10-14/h5-6,8-11,19,32,35H,4,7,12H2,1-3H3,(H,33,34)/t19-,22-/m0/s1. The van der Waals surface area contributed by atoms with Crippen molar-refractivity contribution in [1.82, 2.24) is 5.32 Å². The summed E-state index contributed by atoms with van der Waals surface area (Å²) in [4.78, 5) is 12.1. The van der Waals surface area contributed by atoms with E-state index in [-0.39, 0.29) is 17.8 Å². The fourth-order valence-corrected chi connectivity index (χ4v) is 4.15. The van der Waals surface area contributed by atoms with Gasteiger partial charge in [-0.2, -0.15) is 26.3 Å². The number of rotatable bonds is 5. The number of carbonyl (C=O) groups excluding carboxylic acids is 1. The van der Waals surface area contributed by atoms with E-state index in [1.165, 1.54) is 6.07 Å². The van der Waals surface area contributed by atoms with E-state index in [1.807, 2.05) is 0 Å². The number of nitrogens with one attached hydrogen (secondary N) is 2. The third-order valence-electron chi connectivity index (χ3n) is 5.63. The molecule has 0 heterocycles. The predicted octanol–water partition coefficient (Wildman–Crippen LogP) is 6.73. The summed E-state index contributed by atoms with van der Waals surface area (Å²) in [5.41, 5.74) is -5.04. The third-order valence-corrected chi connectivity index (χ3v) is 5.85. The Balaban J connectivity index is 1.81. The minimum atomic E-state index is -5.31. The number of amides is 1. The van der Waals surface area contributed by atoms with Gasteiger partial charge in [0.1, 0.15) is 5.60 Å². The summed E-state index contributed by atoms with van der Waals surface area (Å²) < 4.78 is 86.3. The van der Waals surface area contributed by atoms with Crippen LogP contribution in [-0.2, 0) is 22.9 Å². The van der Waals surface area contributed by atoms with E-state index in [1.54, 1.807) is 32.9 Å². The molecule has 2 aromatic carbocycles. The molecular weight excluding hydrogens is 514 g/mol. The maximum atomic E-state index is 13.9. The van der Waals surface area contributed by atoms with E-state index < -0.39 is 52.3 Å². The van der Waals surface area contributed by atoms with Crippen LogP contribution in [0.5, 0.6) is 0 Å². The van der Waals surface area contributed by atoms with Gasteiger partial charge in [0.2, 0.25) is 5.60 Å². The highest BCUT2D eigenvalue weighted by molar-refractivity contribution is 6.30. The Kier molecular flexibility index (Phi) is 7.49. The van der Waals surface area contributed by atoms with Crippen molar-refractivity contribution in [3.8, 4) is 0 Å². The van der Waals surface area contributed by atoms with Crippen LogP contribution in [0.3, 0.4) is 0 Å². The summed E-state index contributed by atoms with van der Waals surface area (Å²) in [7, 11) is 0. The van der Waals surface area contributed by atoms with Gasteiger partial charge in [-0.05, 0) is 80.6 Å². The van der Waals surface area contributed by atoms with Gasteiger partial charge in [-0.1, -0.05) is 17.7 Å². The number of alkyl carbamates (subject to hydrolysis) is 1. The number of aryl methyl sites for hydroxylation is 1. The van der Waals surface area contributed by atoms with Gasteiger partial charge in [-0.3, -0.25) is 0 Å². The largest absolute Gasteiger partial charge is 0.444 e. The Morgan fingerprint density at radius 1 is 1.06 bits per heavy atom. The van der Waals surface area contributed by atoms with Gasteiger partial charge in [0.15, 0.2) is 0 Å². The molecule has 36 heavy (non-hydrogen) atoms. The molecule has 3 N–H and O–H groups in total. The Hall–Kier alpha value is -2.66. The molecule has 1 aliphatic rings. The number of fused-ring (bicyclic) bond motifs is 1. The Morgan fingerprint density at radius 2 is 1.69 bits per heavy atom. The first-order valence-corrected chi connectivity index (χ1v) is 11.3. The number of aliphatic hydroxyl groups is 1. The molecule has 198 valence electrons. The number of hydrogen-bond donors (Lipinski definition) is 3. The lowest BCUT2D eigenvalue weighted by Crippen LogP contribution is -2.48. The molecule has 0 fully saturated rings. The van der Waals surface area contributed by atoms with Crippen LogP contribution >= 0.6 is 11.6 Å². The molecule has 0 aromatic heterocycles. The van der Waals surface area contributed by atoms with E-state index in [0.29, 0.717) is 25.0 Å². The van der Waals surface area contributed by atoms with Crippen LogP contribution in [0.25, 0.3) is 0 Å². The van der Waals surface area contributed by atoms with Crippen LogP contribution in [0.1, 0.15) is 55.5 Å². The minimum Gasteiger partial charge on any atom is -0.444 e. The van der Waals surface area contributed by atoms with Crippen molar-refractivity contribution in [2.75, 3.05) is 11.9 Å². The van der Waals surface area contributed by atoms with Crippen molar-refractivity contribution < 1.29 is 41.0 Å². The number of benzene rings is 2. The molecule has 2 atom stereocenters. The lowest BCUT2D eigenvalue weighted by molar-refractivity contribution is -0.260. The van der Waals surface area contributed by atoms with Crippen LogP contribution in [-0.4, -0.2) is 29.5 Å². The Bertz CT molecular complexity index is 1130. The zero-order valence-corrected chi connectivity index (χ0v) is 20.3. The van der Waals surface area contributed by atoms with Crippen molar-refractivity contribution in [2.45, 2.75) is 63.2 Å². The molecule has 12 heteroatoms. The fourth-order valence-electron chi connectivity index (χ4n) is 3.92. The van der Waals surface area contributed by atoms with Gasteiger partial charge in [-0.15, -0.1) is 0 Å². The fraction of sp³-hybridized carbons (Fsp3) is 0.458. The molecule has 1 amide bonds. The molecule has 1 aliphatic carbocycles. The van der Waals surface area contributed by atoms with E-state index in [9.17, 15) is 36.2 Å². The average Bonchev–Trinajstić information content (AvgIpc) is 3.10. The monoisotopic (exact) mass is 538 g/mol. The van der Waals surface area contributed by atoms with Gasteiger partial charge in [0.05, 0.1) is 18.2 Å². The smallest absolute Gasteiger partial charge is 0.423 e. The maximum absolute atomic E-state index is 13.9. The summed E-state index contributed by atoms with van der Waals surface area (Å²) >= 11 is 5.64. The second kappa shape index (κ2) is 9.66. The van der Waals surface area contributed by atoms with E-state index >= 15 is 0 Å². The zero-order valence-electron chi connectivity index (χ0n) is 19.6. The van der Waals surface area contributed by atoms with E-state index in [4.69, 9.17) is 16.3 Å². The van der Waals surface area contributed by atoms with Crippen LogP contribution < -0.4 is 10.6 Å². The SMILES string of the molecule is CC(C)(C)OC(=O)N[C@H]1CCc2cc(NC[C@](O)(c3cc(Cl)cc(C(F)(F)F)c3)C(F)(F)F)ccc21. The number of alkyl halides is 6. The molecule has 5 nitrogen and oxygen atoms in total. The van der Waals surface area contributed by atoms with Crippen LogP contribution in [0.2, 0.25) is 5.02 Å². The molecular formula is C24H25ClF6N2O3. The number of anilines is 1. The minimum absolute atomic E-state index is 0.215. The van der Waals surface area contributed by atoms with Crippen molar-refractivity contribution in [1.29, 1.82) is 0 Å². The third kappa shape index (κ3) is 6.36. The van der Waals surface area contributed by atoms with Gasteiger partial charge in [-0.25, -0.2) is 4.79 Å². The summed E-state index contributed by atoms with van der Waals surface area (Å²) in [5, 5.41) is 15.2. The lowest BCUT2D eigenvalue weighted by Gasteiger charge is -2.32. The van der Waals surface area contributed by atoms with Crippen molar-refractivity contribution >= 4 is 23.4 Å². The molecule has 3 rings (SSSR count). The van der Waals surface area contributed by atoms with E-state index in [2.05, 4.69) is 10.6 Å². The van der Waals surface area contributed by atoms with Crippen LogP contribution in [0.15, 0.2) is 36.4 Å². The first-order chi connectivity index (χ1) is 16.4. The van der Waals surface area contributed by atoms with E-state index in [0.717, 1.165) is 11.1 Å². The highest BCUT2D eigenvalue weighted by Crippen LogP contribution is 2.43. The van der Waals surface area contributed by atoms with Crippen molar-refractivity contribution in [2.24, 2.45) is 0 Å². The molecule has 0 aliphatic heterocycles. The number of carbonyl (C=O) groups is 1. The molecule has 2 aromatic rings. The van der Waals surface area contributed by atoms with Gasteiger partial charge in [0, 0.05) is 10.7 Å². The summed E-state index contributed by atoms with van der Waals surface area (Å²) in [6, 6.07) is 5.69. The predicted molar refractivity (Wildman–Crippen MR) is 122 cm³/mol. The highest BCUT2D eigenvalue weighted by Gasteiger charge is 2.55. The first kappa shape index (κ1) is 27.9. The maximum Gasteiger partial charge on any atom is 0.423 e. The van der Waals surface area contributed by atoms with Gasteiger partial charge in [0.25, 0.3) is 0 Å². The molecule has 0 spiro atoms. The van der Waals surface area contributed by atoms with Gasteiger partial charge < -0.3 is 20.5 Å². The molecule has 0 saturated carbocycles. The second-order valence-electron chi connectivity index (χ2n) is 9.59. The topological polar surface area (TPSA) is 70.6 Å². The summed E-state index contributed by atoms with van der Waals surface area (Å²) in [6.07, 6.45) is -9.79. The Labute approximate surface area is 208 Å². The summed E-state index contributed by atoms with van der Waals surface area (Å²) in [6.45, 7) is 4.01. The highest BCUT2D eigenvalue weighted by atomic mass is 35.5. The number of ether oxygens (including phenoxy) is 1. The zero-order chi connectivity index (χ0) is 27.1. The van der Waals surface area contributed by atoms with Crippen molar-refractivity contribution in [3.05, 3.63) is 63.7 Å². The summed E-state index contributed by atoms with van der Waals surface area (Å²) in [5.74, 6) is 0. The first-order valence-electron chi connectivity index (χ1n) is 10.9.